The second-order valence-electron chi connectivity index (χ2n) is 4.07. The van der Waals surface area contributed by atoms with Gasteiger partial charge in [-0.2, -0.15) is 26.3 Å². The Balaban J connectivity index is 3.05. The van der Waals surface area contributed by atoms with Crippen LogP contribution in [0.2, 0.25) is 5.02 Å². The molecule has 1 rings (SSSR count). The molecule has 20 heavy (non-hydrogen) atoms. The van der Waals surface area contributed by atoms with Crippen LogP contribution in [0.15, 0.2) is 24.3 Å². The van der Waals surface area contributed by atoms with Gasteiger partial charge < -0.3 is 5.11 Å². The van der Waals surface area contributed by atoms with Gasteiger partial charge in [-0.3, -0.25) is 0 Å². The monoisotopic (exact) mass is 324 g/mol. The summed E-state index contributed by atoms with van der Waals surface area (Å²) in [6.07, 6.45) is -16.8. The molecule has 0 aromatic heterocycles. The van der Waals surface area contributed by atoms with E-state index in [9.17, 15) is 35.8 Å². The Morgan fingerprint density at radius 1 is 0.900 bits per heavy atom. The van der Waals surface area contributed by atoms with Crippen molar-refractivity contribution in [3.8, 4) is 0 Å². The van der Waals surface area contributed by atoms with Crippen LogP contribution in [0.3, 0.4) is 0 Å². The molecule has 0 fully saturated rings. The fourth-order valence-corrected chi connectivity index (χ4v) is 1.59. The minimum Gasteiger partial charge on any atom is -0.388 e. The maximum atomic E-state index is 13.4. The minimum absolute atomic E-state index is 0.166. The van der Waals surface area contributed by atoms with Crippen molar-refractivity contribution in [2.75, 3.05) is 0 Å². The number of halogens is 8. The van der Waals surface area contributed by atoms with Crippen molar-refractivity contribution in [3.05, 3.63) is 34.9 Å². The maximum absolute atomic E-state index is 13.4. The highest BCUT2D eigenvalue weighted by Gasteiger charge is 2.72. The Hall–Kier alpha value is -1.02. The number of hydrogen-bond donors (Lipinski definition) is 1. The Kier molecular flexibility index (Phi) is 4.60. The van der Waals surface area contributed by atoms with Crippen LogP contribution in [-0.4, -0.2) is 23.1 Å². The summed E-state index contributed by atoms with van der Waals surface area (Å²) in [6.45, 7) is 0. The summed E-state index contributed by atoms with van der Waals surface area (Å²) in [7, 11) is 0. The molecule has 9 heteroatoms. The molecule has 0 saturated heterocycles. The summed E-state index contributed by atoms with van der Waals surface area (Å²) in [5, 5.41) is 9.56. The Labute approximate surface area is 114 Å². The number of rotatable bonds is 3. The molecule has 0 bridgehead atoms. The lowest BCUT2D eigenvalue weighted by Crippen LogP contribution is -2.54. The fourth-order valence-electron chi connectivity index (χ4n) is 1.46. The van der Waals surface area contributed by atoms with Crippen LogP contribution < -0.4 is 0 Å². The fraction of sp³-hybridized carbons (Fsp3) is 0.455. The first kappa shape index (κ1) is 17.0. The van der Waals surface area contributed by atoms with E-state index in [1.54, 1.807) is 0 Å². The first-order chi connectivity index (χ1) is 8.88. The Bertz CT molecular complexity index is 437. The van der Waals surface area contributed by atoms with Gasteiger partial charge in [-0.1, -0.05) is 23.7 Å². The van der Waals surface area contributed by atoms with Crippen LogP contribution in [0, 0.1) is 0 Å². The molecule has 1 aromatic rings. The van der Waals surface area contributed by atoms with Crippen LogP contribution in [0.25, 0.3) is 0 Å². The summed E-state index contributed by atoms with van der Waals surface area (Å²) < 4.78 is 87.3. The van der Waals surface area contributed by atoms with E-state index >= 15 is 0 Å². The van der Waals surface area contributed by atoms with E-state index in [1.165, 1.54) is 0 Å². The molecular formula is C11H8ClF7O. The van der Waals surface area contributed by atoms with Crippen molar-refractivity contribution in [1.82, 2.24) is 0 Å². The van der Waals surface area contributed by atoms with Gasteiger partial charge in [0.1, 0.15) is 0 Å². The quantitative estimate of drug-likeness (QED) is 0.806. The predicted octanol–water partition coefficient (Wildman–Crippen LogP) is 4.60. The van der Waals surface area contributed by atoms with Gasteiger partial charge in [0.2, 0.25) is 0 Å². The molecule has 0 spiro atoms. The third-order valence-electron chi connectivity index (χ3n) is 2.63. The molecule has 1 atom stereocenters. The van der Waals surface area contributed by atoms with Crippen molar-refractivity contribution in [3.63, 3.8) is 0 Å². The highest BCUT2D eigenvalue weighted by atomic mass is 35.5. The summed E-state index contributed by atoms with van der Waals surface area (Å²) in [6, 6.07) is 4.34. The third kappa shape index (κ3) is 3.35. The molecule has 1 N–H and O–H groups in total. The average molecular weight is 325 g/mol. The van der Waals surface area contributed by atoms with Crippen molar-refractivity contribution in [1.29, 1.82) is 0 Å². The molecular weight excluding hydrogens is 317 g/mol. The van der Waals surface area contributed by atoms with Gasteiger partial charge in [0.05, 0.1) is 6.10 Å². The summed E-state index contributed by atoms with van der Waals surface area (Å²) >= 11 is 5.48. The molecule has 1 unspecified atom stereocenters. The number of aliphatic hydroxyl groups is 1. The molecule has 1 nitrogen and oxygen atoms in total. The van der Waals surface area contributed by atoms with Crippen LogP contribution in [-0.2, 0) is 0 Å². The number of aliphatic hydroxyl groups excluding tert-OH is 1. The van der Waals surface area contributed by atoms with E-state index in [-0.39, 0.29) is 10.6 Å². The highest BCUT2D eigenvalue weighted by Crippen LogP contribution is 2.50. The van der Waals surface area contributed by atoms with Gasteiger partial charge >= 0.3 is 18.0 Å². The van der Waals surface area contributed by atoms with Gasteiger partial charge in [0, 0.05) is 11.4 Å². The first-order valence-corrected chi connectivity index (χ1v) is 5.52. The largest absolute Gasteiger partial charge is 0.431 e. The molecule has 0 amide bonds. The van der Waals surface area contributed by atoms with E-state index in [0.29, 0.717) is 0 Å². The molecule has 0 saturated carbocycles. The predicted molar refractivity (Wildman–Crippen MR) is 57.0 cm³/mol. The Morgan fingerprint density at radius 2 is 1.30 bits per heavy atom. The van der Waals surface area contributed by atoms with E-state index in [4.69, 9.17) is 11.6 Å². The lowest BCUT2D eigenvalue weighted by Gasteiger charge is -2.31. The second-order valence-corrected chi connectivity index (χ2v) is 4.50. The molecule has 114 valence electrons. The van der Waals surface area contributed by atoms with Crippen LogP contribution >= 0.6 is 11.6 Å². The topological polar surface area (TPSA) is 20.2 Å². The van der Waals surface area contributed by atoms with Gasteiger partial charge in [0.25, 0.3) is 0 Å². The van der Waals surface area contributed by atoms with Gasteiger partial charge in [-0.25, -0.2) is 4.39 Å². The molecule has 0 aliphatic heterocycles. The van der Waals surface area contributed by atoms with Crippen molar-refractivity contribution >= 4 is 11.6 Å². The molecule has 0 heterocycles. The first-order valence-electron chi connectivity index (χ1n) is 5.14. The Morgan fingerprint density at radius 3 is 1.65 bits per heavy atom. The maximum Gasteiger partial charge on any atom is 0.431 e. The summed E-state index contributed by atoms with van der Waals surface area (Å²) in [5.74, 6) is 0. The smallest absolute Gasteiger partial charge is 0.388 e. The zero-order valence-electron chi connectivity index (χ0n) is 9.56. The average Bonchev–Trinajstić information content (AvgIpc) is 2.26. The van der Waals surface area contributed by atoms with Gasteiger partial charge in [0.15, 0.2) is 0 Å². The summed E-state index contributed by atoms with van der Waals surface area (Å²) in [5.41, 5.74) is -5.79. The van der Waals surface area contributed by atoms with E-state index in [0.717, 1.165) is 24.3 Å². The minimum atomic E-state index is -6.18. The molecule has 0 aliphatic rings. The normalized spacial score (nSPS) is 15.2. The SMILES string of the molecule is OC(CC(F)(C(F)(F)F)C(F)(F)F)c1ccc(Cl)cc1. The van der Waals surface area contributed by atoms with Gasteiger partial charge in [-0.15, -0.1) is 0 Å². The van der Waals surface area contributed by atoms with Crippen LogP contribution in [0.4, 0.5) is 30.7 Å². The van der Waals surface area contributed by atoms with Crippen LogP contribution in [0.5, 0.6) is 0 Å². The lowest BCUT2D eigenvalue weighted by atomic mass is 9.93. The van der Waals surface area contributed by atoms with E-state index in [1.807, 2.05) is 0 Å². The highest BCUT2D eigenvalue weighted by molar-refractivity contribution is 6.30. The standard InChI is InChI=1S/C11H8ClF7O/c12-7-3-1-6(2-4-7)8(20)5-9(13,10(14,15)16)11(17,18)19/h1-4,8,20H,5H2. The molecule has 1 aromatic carbocycles. The van der Waals surface area contributed by atoms with E-state index in [2.05, 4.69) is 0 Å². The van der Waals surface area contributed by atoms with E-state index < -0.39 is 30.5 Å². The number of alkyl halides is 7. The van der Waals surface area contributed by atoms with Crippen molar-refractivity contribution in [2.45, 2.75) is 30.5 Å². The molecule has 0 aliphatic carbocycles. The zero-order valence-corrected chi connectivity index (χ0v) is 10.3. The summed E-state index contributed by atoms with van der Waals surface area (Å²) in [4.78, 5) is 0. The van der Waals surface area contributed by atoms with Gasteiger partial charge in [-0.05, 0) is 17.7 Å². The second kappa shape index (κ2) is 5.40. The number of hydrogen-bond acceptors (Lipinski definition) is 1. The van der Waals surface area contributed by atoms with Crippen LogP contribution in [0.1, 0.15) is 18.1 Å². The third-order valence-corrected chi connectivity index (χ3v) is 2.88. The molecule has 0 radical (unpaired) electrons. The van der Waals surface area contributed by atoms with Crippen molar-refractivity contribution < 1.29 is 35.8 Å². The number of benzene rings is 1. The lowest BCUT2D eigenvalue weighted by molar-refractivity contribution is -0.347. The zero-order chi connectivity index (χ0) is 15.8. The van der Waals surface area contributed by atoms with Crippen molar-refractivity contribution in [2.24, 2.45) is 0 Å².